The van der Waals surface area contributed by atoms with Gasteiger partial charge in [0.25, 0.3) is 0 Å². The van der Waals surface area contributed by atoms with Gasteiger partial charge >= 0.3 is 6.61 Å². The number of thioether (sulfide) groups is 1. The molecular formula is C23H16ClF2N3O2S. The van der Waals surface area contributed by atoms with Crippen molar-refractivity contribution >= 4 is 45.7 Å². The van der Waals surface area contributed by atoms with Crippen LogP contribution in [0, 0.1) is 0 Å². The Morgan fingerprint density at radius 3 is 2.66 bits per heavy atom. The van der Waals surface area contributed by atoms with Gasteiger partial charge in [0.2, 0.25) is 5.91 Å². The van der Waals surface area contributed by atoms with Crippen molar-refractivity contribution in [3.8, 4) is 17.0 Å². The summed E-state index contributed by atoms with van der Waals surface area (Å²) in [6, 6.07) is 20.0. The van der Waals surface area contributed by atoms with E-state index >= 15 is 0 Å². The second-order valence-electron chi connectivity index (χ2n) is 6.65. The maximum absolute atomic E-state index is 12.3. The summed E-state index contributed by atoms with van der Waals surface area (Å²) in [7, 11) is 0. The molecule has 0 saturated carbocycles. The van der Waals surface area contributed by atoms with Crippen LogP contribution in [0.2, 0.25) is 5.02 Å². The number of benzene rings is 3. The lowest BCUT2D eigenvalue weighted by Crippen LogP contribution is -2.14. The van der Waals surface area contributed by atoms with Crippen molar-refractivity contribution < 1.29 is 18.3 Å². The zero-order valence-electron chi connectivity index (χ0n) is 16.5. The fraction of sp³-hybridized carbons (Fsp3) is 0.0870. The maximum Gasteiger partial charge on any atom is 0.387 e. The number of aromatic nitrogens is 2. The summed E-state index contributed by atoms with van der Waals surface area (Å²) in [5.74, 6) is -0.407. The molecule has 9 heteroatoms. The molecule has 0 unspecified atom stereocenters. The molecule has 1 aromatic heterocycles. The first-order valence-electron chi connectivity index (χ1n) is 9.47. The lowest BCUT2D eigenvalue weighted by Gasteiger charge is -2.09. The van der Waals surface area contributed by atoms with Gasteiger partial charge in [-0.05, 0) is 41.1 Å². The molecule has 0 fully saturated rings. The molecule has 0 spiro atoms. The van der Waals surface area contributed by atoms with Gasteiger partial charge in [0, 0.05) is 17.4 Å². The molecule has 0 saturated heterocycles. The Morgan fingerprint density at radius 2 is 1.88 bits per heavy atom. The van der Waals surface area contributed by atoms with E-state index in [1.165, 1.54) is 30.0 Å². The van der Waals surface area contributed by atoms with E-state index in [1.54, 1.807) is 6.20 Å². The van der Waals surface area contributed by atoms with Crippen LogP contribution in [-0.4, -0.2) is 28.2 Å². The van der Waals surface area contributed by atoms with Gasteiger partial charge in [0.1, 0.15) is 5.75 Å². The van der Waals surface area contributed by atoms with Gasteiger partial charge in [0.15, 0.2) is 5.16 Å². The van der Waals surface area contributed by atoms with Crippen LogP contribution in [0.5, 0.6) is 5.75 Å². The number of carbonyl (C=O) groups is 1. The SMILES string of the molecule is O=C(CSc1nccc(-c2ccc3ccccc3c2)n1)Nc1ccc(OC(F)F)c(Cl)c1. The average molecular weight is 472 g/mol. The van der Waals surface area contributed by atoms with Crippen LogP contribution in [-0.2, 0) is 4.79 Å². The molecule has 0 atom stereocenters. The third kappa shape index (κ3) is 5.52. The largest absolute Gasteiger partial charge is 0.433 e. The minimum Gasteiger partial charge on any atom is -0.433 e. The van der Waals surface area contributed by atoms with Crippen molar-refractivity contribution in [1.82, 2.24) is 9.97 Å². The fourth-order valence-electron chi connectivity index (χ4n) is 3.02. The van der Waals surface area contributed by atoms with E-state index in [-0.39, 0.29) is 22.4 Å². The van der Waals surface area contributed by atoms with E-state index < -0.39 is 6.61 Å². The number of rotatable bonds is 7. The molecule has 32 heavy (non-hydrogen) atoms. The predicted molar refractivity (Wildman–Crippen MR) is 122 cm³/mol. The van der Waals surface area contributed by atoms with Crippen LogP contribution >= 0.6 is 23.4 Å². The Balaban J connectivity index is 1.39. The Labute approximate surface area is 191 Å². The summed E-state index contributed by atoms with van der Waals surface area (Å²) < 4.78 is 28.9. The van der Waals surface area contributed by atoms with Gasteiger partial charge in [-0.15, -0.1) is 0 Å². The second-order valence-corrected chi connectivity index (χ2v) is 8.00. The standard InChI is InChI=1S/C23H16ClF2N3O2S/c24-18-12-17(7-8-20(18)31-22(25)26)28-21(30)13-32-23-27-10-9-19(29-23)16-6-5-14-3-1-2-4-15(14)11-16/h1-12,22H,13H2,(H,28,30). The highest BCUT2D eigenvalue weighted by molar-refractivity contribution is 7.99. The molecule has 1 heterocycles. The number of hydrogen-bond donors (Lipinski definition) is 1. The summed E-state index contributed by atoms with van der Waals surface area (Å²) >= 11 is 7.09. The average Bonchev–Trinajstić information content (AvgIpc) is 2.79. The number of nitrogens with zero attached hydrogens (tertiary/aromatic N) is 2. The van der Waals surface area contributed by atoms with Crippen molar-refractivity contribution in [2.24, 2.45) is 0 Å². The van der Waals surface area contributed by atoms with Crippen molar-refractivity contribution in [3.05, 3.63) is 77.9 Å². The number of anilines is 1. The highest BCUT2D eigenvalue weighted by Crippen LogP contribution is 2.29. The number of amides is 1. The number of alkyl halides is 2. The van der Waals surface area contributed by atoms with Crippen molar-refractivity contribution in [2.45, 2.75) is 11.8 Å². The van der Waals surface area contributed by atoms with E-state index in [1.807, 2.05) is 42.5 Å². The lowest BCUT2D eigenvalue weighted by atomic mass is 10.1. The minimum absolute atomic E-state index is 0.0258. The molecule has 1 N–H and O–H groups in total. The number of halogens is 3. The first-order chi connectivity index (χ1) is 15.5. The van der Waals surface area contributed by atoms with Gasteiger partial charge in [0.05, 0.1) is 16.5 Å². The molecule has 0 aliphatic rings. The molecule has 0 aliphatic carbocycles. The molecule has 0 aliphatic heterocycles. The summed E-state index contributed by atoms with van der Waals surface area (Å²) in [5, 5.41) is 5.35. The predicted octanol–water partition coefficient (Wildman–Crippen LogP) is 6.28. The van der Waals surface area contributed by atoms with Crippen LogP contribution < -0.4 is 10.1 Å². The number of hydrogen-bond acceptors (Lipinski definition) is 5. The molecule has 0 radical (unpaired) electrons. The molecule has 1 amide bonds. The van der Waals surface area contributed by atoms with Gasteiger partial charge in [-0.2, -0.15) is 8.78 Å². The normalized spacial score (nSPS) is 11.0. The number of ether oxygens (including phenoxy) is 1. The number of nitrogens with one attached hydrogen (secondary N) is 1. The molecule has 3 aromatic carbocycles. The summed E-state index contributed by atoms with van der Waals surface area (Å²) in [6.07, 6.45) is 1.65. The molecule has 5 nitrogen and oxygen atoms in total. The highest BCUT2D eigenvalue weighted by Gasteiger charge is 2.11. The Morgan fingerprint density at radius 1 is 1.06 bits per heavy atom. The monoisotopic (exact) mass is 471 g/mol. The summed E-state index contributed by atoms with van der Waals surface area (Å²) in [5.41, 5.74) is 2.08. The van der Waals surface area contributed by atoms with Gasteiger partial charge in [-0.1, -0.05) is 59.8 Å². The van der Waals surface area contributed by atoms with Crippen LogP contribution in [0.1, 0.15) is 0 Å². The minimum atomic E-state index is -2.98. The van der Waals surface area contributed by atoms with Crippen molar-refractivity contribution in [1.29, 1.82) is 0 Å². The summed E-state index contributed by atoms with van der Waals surface area (Å²) in [4.78, 5) is 21.0. The number of fused-ring (bicyclic) bond motifs is 1. The van der Waals surface area contributed by atoms with E-state index in [4.69, 9.17) is 11.6 Å². The van der Waals surface area contributed by atoms with E-state index in [2.05, 4.69) is 26.1 Å². The first kappa shape index (κ1) is 22.0. The van der Waals surface area contributed by atoms with Gasteiger partial charge < -0.3 is 10.1 Å². The highest BCUT2D eigenvalue weighted by atomic mass is 35.5. The quantitative estimate of drug-likeness (QED) is 0.254. The molecular weight excluding hydrogens is 456 g/mol. The molecule has 4 rings (SSSR count). The van der Waals surface area contributed by atoms with E-state index in [0.29, 0.717) is 10.8 Å². The zero-order valence-corrected chi connectivity index (χ0v) is 18.0. The van der Waals surface area contributed by atoms with Gasteiger partial charge in [-0.3, -0.25) is 4.79 Å². The van der Waals surface area contributed by atoms with Crippen molar-refractivity contribution in [3.63, 3.8) is 0 Å². The van der Waals surface area contributed by atoms with E-state index in [0.717, 1.165) is 22.0 Å². The maximum atomic E-state index is 12.3. The molecule has 0 bridgehead atoms. The van der Waals surface area contributed by atoms with Crippen LogP contribution in [0.15, 0.2) is 78.1 Å². The Kier molecular flexibility index (Phi) is 6.82. The third-order valence-electron chi connectivity index (χ3n) is 4.44. The second kappa shape index (κ2) is 9.93. The fourth-order valence-corrected chi connectivity index (χ4v) is 3.87. The van der Waals surface area contributed by atoms with Crippen LogP contribution in [0.3, 0.4) is 0 Å². The van der Waals surface area contributed by atoms with Crippen molar-refractivity contribution in [2.75, 3.05) is 11.1 Å². The Hall–Kier alpha value is -3.23. The van der Waals surface area contributed by atoms with E-state index in [9.17, 15) is 13.6 Å². The third-order valence-corrected chi connectivity index (χ3v) is 5.60. The van der Waals surface area contributed by atoms with Crippen LogP contribution in [0.25, 0.3) is 22.0 Å². The summed E-state index contributed by atoms with van der Waals surface area (Å²) in [6.45, 7) is -2.98. The first-order valence-corrected chi connectivity index (χ1v) is 10.8. The smallest absolute Gasteiger partial charge is 0.387 e. The Bertz CT molecular complexity index is 1270. The van der Waals surface area contributed by atoms with Crippen LogP contribution in [0.4, 0.5) is 14.5 Å². The molecule has 4 aromatic rings. The topological polar surface area (TPSA) is 64.1 Å². The lowest BCUT2D eigenvalue weighted by molar-refractivity contribution is -0.113. The number of carbonyl (C=O) groups excluding carboxylic acids is 1. The van der Waals surface area contributed by atoms with Gasteiger partial charge in [-0.25, -0.2) is 9.97 Å². The molecule has 162 valence electrons. The zero-order chi connectivity index (χ0) is 22.5.